The molecule has 0 fully saturated rings. The maximum absolute atomic E-state index is 10.1. The molecule has 0 unspecified atom stereocenters. The summed E-state index contributed by atoms with van der Waals surface area (Å²) in [5, 5.41) is 193. The third-order valence-electron chi connectivity index (χ3n) is 8.93. The molecule has 0 aromatic carbocycles. The van der Waals surface area contributed by atoms with Crippen LogP contribution in [0, 0.1) is 0 Å². The summed E-state index contributed by atoms with van der Waals surface area (Å²) in [4.78, 5) is 30.4. The summed E-state index contributed by atoms with van der Waals surface area (Å²) < 4.78 is 0. The van der Waals surface area contributed by atoms with Gasteiger partial charge in [-0.05, 0) is 19.3 Å². The van der Waals surface area contributed by atoms with E-state index in [1.165, 1.54) is 96.3 Å². The molecular weight excluding hydrogens is 1040 g/mol. The van der Waals surface area contributed by atoms with E-state index in [-0.39, 0.29) is 92.5 Å². The zero-order valence-corrected chi connectivity index (χ0v) is 47.4. The van der Waals surface area contributed by atoms with Crippen molar-refractivity contribution in [2.45, 2.75) is 218 Å². The van der Waals surface area contributed by atoms with Gasteiger partial charge in [0.05, 0.1) is 92.5 Å². The Morgan fingerprint density at radius 1 is 0.218 bits per heavy atom. The number of aliphatic hydroxyl groups is 21. The van der Waals surface area contributed by atoms with Crippen LogP contribution in [0.2, 0.25) is 0 Å². The number of hydrogen-bond acceptors (Lipinski definition) is 24. The van der Waals surface area contributed by atoms with Crippen molar-refractivity contribution in [1.82, 2.24) is 0 Å². The van der Waals surface area contributed by atoms with Gasteiger partial charge in [-0.3, -0.25) is 14.4 Å². The van der Waals surface area contributed by atoms with Crippen molar-refractivity contribution in [1.29, 1.82) is 0 Å². The van der Waals surface area contributed by atoms with Crippen molar-refractivity contribution in [2.24, 2.45) is 0 Å². The summed E-state index contributed by atoms with van der Waals surface area (Å²) >= 11 is 0. The van der Waals surface area contributed by atoms with Gasteiger partial charge in [0, 0.05) is 19.3 Å². The normalized spacial score (nSPS) is 10.0. The maximum Gasteiger partial charge on any atom is 0.303 e. The smallest absolute Gasteiger partial charge is 0.303 e. The van der Waals surface area contributed by atoms with Gasteiger partial charge in [0.15, 0.2) is 0 Å². The average Bonchev–Trinajstić information content (AvgIpc) is 3.45. The van der Waals surface area contributed by atoms with Gasteiger partial charge in [0.25, 0.3) is 0 Å². The van der Waals surface area contributed by atoms with Crippen molar-refractivity contribution < 1.29 is 137 Å². The van der Waals surface area contributed by atoms with Crippen LogP contribution >= 0.6 is 0 Å². The minimum atomic E-state index is -0.954. The fraction of sp³-hybridized carbons (Fsp3) is 0.941. The van der Waals surface area contributed by atoms with Crippen LogP contribution in [-0.2, 0) is 14.4 Å². The standard InChI is InChI=1S/3C10H20O2.7C3H8O3/c3*1-2-3-4-5-6-7-8-9-10(11)12;7*4-1-3(6)2-5/h3*2-9H2,1H3,(H,11,12);7*3-6H,1-2H2. The number of carboxylic acid groups (broad SMARTS) is 3. The van der Waals surface area contributed by atoms with Crippen LogP contribution in [0.3, 0.4) is 0 Å². The van der Waals surface area contributed by atoms with Crippen molar-refractivity contribution >= 4 is 17.9 Å². The largest absolute Gasteiger partial charge is 0.481 e. The second kappa shape index (κ2) is 93.9. The molecule has 27 heteroatoms. The Bertz CT molecular complexity index is 833. The first kappa shape index (κ1) is 97.7. The van der Waals surface area contributed by atoms with E-state index >= 15 is 0 Å². The highest BCUT2D eigenvalue weighted by Gasteiger charge is 2.00. The first-order valence-corrected chi connectivity index (χ1v) is 26.9. The summed E-state index contributed by atoms with van der Waals surface area (Å²) in [6, 6.07) is 0. The molecule has 0 bridgehead atoms. The molecule has 0 aromatic rings. The zero-order chi connectivity index (χ0) is 62.6. The summed E-state index contributed by atoms with van der Waals surface area (Å²) in [6.07, 6.45) is 19.3. The Balaban J connectivity index is -0.0000000838. The molecule has 0 aromatic heterocycles. The van der Waals surface area contributed by atoms with Gasteiger partial charge in [-0.1, -0.05) is 136 Å². The fourth-order valence-corrected chi connectivity index (χ4v) is 4.10. The molecule has 0 atom stereocenters. The highest BCUT2D eigenvalue weighted by Crippen LogP contribution is 2.10. The molecule has 0 aliphatic carbocycles. The van der Waals surface area contributed by atoms with E-state index in [2.05, 4.69) is 20.8 Å². The predicted octanol–water partition coefficient (Wildman–Crippen LogP) is -2.04. The van der Waals surface area contributed by atoms with Gasteiger partial charge in [-0.25, -0.2) is 0 Å². The first-order chi connectivity index (χ1) is 37.0. The topological polar surface area (TPSA) is 537 Å². The summed E-state index contributed by atoms with van der Waals surface area (Å²) in [7, 11) is 0. The first-order valence-electron chi connectivity index (χ1n) is 26.9. The van der Waals surface area contributed by atoms with Crippen LogP contribution in [-0.4, -0.2) is 276 Å². The highest BCUT2D eigenvalue weighted by molar-refractivity contribution is 5.67. The molecule has 482 valence electrons. The lowest BCUT2D eigenvalue weighted by molar-refractivity contribution is -0.138. The van der Waals surface area contributed by atoms with Crippen LogP contribution in [0.1, 0.15) is 175 Å². The van der Waals surface area contributed by atoms with E-state index in [1.54, 1.807) is 0 Å². The third kappa shape index (κ3) is 140. The number of unbranched alkanes of at least 4 members (excludes halogenated alkanes) is 18. The fourth-order valence-electron chi connectivity index (χ4n) is 4.10. The van der Waals surface area contributed by atoms with E-state index in [1.807, 2.05) is 0 Å². The molecular formula is C51H116O27. The number of aliphatic hydroxyl groups excluding tert-OH is 21. The summed E-state index contributed by atoms with van der Waals surface area (Å²) in [5.41, 5.74) is 0. The van der Waals surface area contributed by atoms with Crippen molar-refractivity contribution in [3.8, 4) is 0 Å². The predicted molar refractivity (Wildman–Crippen MR) is 292 cm³/mol. The molecule has 0 spiro atoms. The molecule has 24 N–H and O–H groups in total. The second-order valence-electron chi connectivity index (χ2n) is 16.9. The second-order valence-corrected chi connectivity index (χ2v) is 16.9. The van der Waals surface area contributed by atoms with Crippen LogP contribution in [0.5, 0.6) is 0 Å². The van der Waals surface area contributed by atoms with Crippen molar-refractivity contribution in [2.75, 3.05) is 92.5 Å². The van der Waals surface area contributed by atoms with Crippen LogP contribution in [0.15, 0.2) is 0 Å². The lowest BCUT2D eigenvalue weighted by Gasteiger charge is -1.98. The van der Waals surface area contributed by atoms with Crippen LogP contribution < -0.4 is 0 Å². The number of hydrogen-bond donors (Lipinski definition) is 24. The summed E-state index contributed by atoms with van der Waals surface area (Å²) in [6.45, 7) is 1.49. The Labute approximate surface area is 464 Å². The van der Waals surface area contributed by atoms with Gasteiger partial charge < -0.3 is 123 Å². The molecule has 0 radical (unpaired) electrons. The molecule has 27 nitrogen and oxygen atoms in total. The van der Waals surface area contributed by atoms with E-state index in [4.69, 9.17) is 123 Å². The molecule has 0 heterocycles. The van der Waals surface area contributed by atoms with Gasteiger partial charge >= 0.3 is 17.9 Å². The highest BCUT2D eigenvalue weighted by atomic mass is 16.4. The number of carboxylic acids is 3. The quantitative estimate of drug-likeness (QED) is 0.0296. The van der Waals surface area contributed by atoms with Crippen molar-refractivity contribution in [3.63, 3.8) is 0 Å². The molecule has 0 aliphatic rings. The minimum absolute atomic E-state index is 0.341. The molecule has 0 saturated heterocycles. The molecule has 0 saturated carbocycles. The Kier molecular flexibility index (Phi) is 118. The molecule has 0 amide bonds. The maximum atomic E-state index is 10.1. The number of rotatable bonds is 38. The van der Waals surface area contributed by atoms with E-state index in [0.29, 0.717) is 19.3 Å². The lowest BCUT2D eigenvalue weighted by atomic mass is 10.1. The SMILES string of the molecule is CCCCCCCCCC(=O)O.CCCCCCCCCC(=O)O.CCCCCCCCCC(=O)O.OCC(O)CO.OCC(O)CO.OCC(O)CO.OCC(O)CO.OCC(O)CO.OCC(O)CO.OCC(O)CO. The van der Waals surface area contributed by atoms with Crippen molar-refractivity contribution in [3.05, 3.63) is 0 Å². The van der Waals surface area contributed by atoms with Crippen LogP contribution in [0.4, 0.5) is 0 Å². The Morgan fingerprint density at radius 2 is 0.321 bits per heavy atom. The van der Waals surface area contributed by atoms with E-state index < -0.39 is 60.6 Å². The average molecular weight is 1160 g/mol. The van der Waals surface area contributed by atoms with E-state index in [0.717, 1.165) is 38.5 Å². The third-order valence-corrected chi connectivity index (χ3v) is 8.93. The number of carbonyl (C=O) groups is 3. The van der Waals surface area contributed by atoms with E-state index in [9.17, 15) is 14.4 Å². The Hall–Kier alpha value is -2.43. The molecule has 78 heavy (non-hydrogen) atoms. The lowest BCUT2D eigenvalue weighted by Crippen LogP contribution is -2.15. The molecule has 0 aliphatic heterocycles. The van der Waals surface area contributed by atoms with Gasteiger partial charge in [-0.15, -0.1) is 0 Å². The zero-order valence-electron chi connectivity index (χ0n) is 47.4. The van der Waals surface area contributed by atoms with Crippen LogP contribution in [0.25, 0.3) is 0 Å². The minimum Gasteiger partial charge on any atom is -0.481 e. The van der Waals surface area contributed by atoms with Gasteiger partial charge in [0.2, 0.25) is 0 Å². The Morgan fingerprint density at radius 3 is 0.397 bits per heavy atom. The summed E-state index contributed by atoms with van der Waals surface area (Å²) in [5.74, 6) is -1.99. The van der Waals surface area contributed by atoms with Gasteiger partial charge in [-0.2, -0.15) is 0 Å². The monoisotopic (exact) mass is 1160 g/mol. The van der Waals surface area contributed by atoms with Gasteiger partial charge in [0.1, 0.15) is 42.7 Å². The number of aliphatic carboxylic acids is 3. The molecule has 0 rings (SSSR count).